The minimum absolute atomic E-state index is 0.116. The number of amides is 2. The molecule has 5 rings (SSSR count). The number of para-hydroxylation sites is 2. The average molecular weight is 421 g/mol. The van der Waals surface area contributed by atoms with Gasteiger partial charge in [0.1, 0.15) is 11.3 Å². The summed E-state index contributed by atoms with van der Waals surface area (Å²) >= 11 is 0. The van der Waals surface area contributed by atoms with Gasteiger partial charge in [-0.05, 0) is 49.9 Å². The SMILES string of the molecule is CC1CCCCC1NC(=O)C1(C)Cn2c(nc3ccccc32)C(=O)N1Cc1ccco1. The molecule has 0 bridgehead atoms. The first kappa shape index (κ1) is 19.8. The van der Waals surface area contributed by atoms with Crippen LogP contribution >= 0.6 is 0 Å². The summed E-state index contributed by atoms with van der Waals surface area (Å²) in [5.41, 5.74) is 0.570. The molecule has 7 heteroatoms. The number of imidazole rings is 1. The van der Waals surface area contributed by atoms with E-state index in [0.29, 0.717) is 24.0 Å². The Bertz CT molecular complexity index is 1120. The molecular formula is C24H28N4O3. The van der Waals surface area contributed by atoms with Crippen LogP contribution in [-0.2, 0) is 17.9 Å². The molecule has 0 radical (unpaired) electrons. The van der Waals surface area contributed by atoms with Gasteiger partial charge in [-0.2, -0.15) is 0 Å². The van der Waals surface area contributed by atoms with E-state index >= 15 is 0 Å². The second-order valence-electron chi connectivity index (χ2n) is 9.10. The van der Waals surface area contributed by atoms with Crippen molar-refractivity contribution < 1.29 is 14.0 Å². The molecule has 2 aromatic heterocycles. The summed E-state index contributed by atoms with van der Waals surface area (Å²) in [6.07, 6.45) is 6.01. The molecule has 1 aromatic carbocycles. The van der Waals surface area contributed by atoms with E-state index in [1.807, 2.05) is 41.8 Å². The third-order valence-electron chi connectivity index (χ3n) is 6.96. The van der Waals surface area contributed by atoms with E-state index in [4.69, 9.17) is 4.42 Å². The third-order valence-corrected chi connectivity index (χ3v) is 6.96. The Hall–Kier alpha value is -3.09. The molecule has 3 unspecified atom stereocenters. The normalized spacial score (nSPS) is 26.1. The van der Waals surface area contributed by atoms with Crippen molar-refractivity contribution in [2.24, 2.45) is 5.92 Å². The molecule has 2 aliphatic rings. The molecule has 2 amide bonds. The van der Waals surface area contributed by atoms with Gasteiger partial charge in [-0.25, -0.2) is 4.98 Å². The molecule has 1 aliphatic heterocycles. The van der Waals surface area contributed by atoms with Crippen molar-refractivity contribution in [1.29, 1.82) is 0 Å². The summed E-state index contributed by atoms with van der Waals surface area (Å²) in [5.74, 6) is 1.07. The molecule has 7 nitrogen and oxygen atoms in total. The number of benzene rings is 1. The number of rotatable bonds is 4. The lowest BCUT2D eigenvalue weighted by Gasteiger charge is -2.44. The Kier molecular flexibility index (Phi) is 4.84. The Morgan fingerprint density at radius 1 is 1.23 bits per heavy atom. The minimum atomic E-state index is -1.06. The maximum atomic E-state index is 13.7. The summed E-state index contributed by atoms with van der Waals surface area (Å²) in [4.78, 5) is 33.5. The van der Waals surface area contributed by atoms with E-state index in [9.17, 15) is 9.59 Å². The lowest BCUT2D eigenvalue weighted by Crippen LogP contribution is -2.65. The van der Waals surface area contributed by atoms with Crippen molar-refractivity contribution in [3.05, 3.63) is 54.2 Å². The number of hydrogen-bond donors (Lipinski definition) is 1. The van der Waals surface area contributed by atoms with Crippen LogP contribution in [0, 0.1) is 5.92 Å². The van der Waals surface area contributed by atoms with Gasteiger partial charge in [0.05, 0.1) is 30.4 Å². The number of hydrogen-bond acceptors (Lipinski definition) is 4. The fraction of sp³-hybridized carbons (Fsp3) is 0.458. The van der Waals surface area contributed by atoms with Gasteiger partial charge < -0.3 is 19.2 Å². The fourth-order valence-corrected chi connectivity index (χ4v) is 4.99. The number of carbonyl (C=O) groups excluding carboxylic acids is 2. The van der Waals surface area contributed by atoms with Crippen molar-refractivity contribution in [3.63, 3.8) is 0 Å². The van der Waals surface area contributed by atoms with E-state index in [0.717, 1.165) is 30.3 Å². The molecule has 31 heavy (non-hydrogen) atoms. The highest BCUT2D eigenvalue weighted by Gasteiger charge is 2.49. The second-order valence-corrected chi connectivity index (χ2v) is 9.10. The maximum absolute atomic E-state index is 13.7. The molecule has 162 valence electrons. The summed E-state index contributed by atoms with van der Waals surface area (Å²) < 4.78 is 7.41. The van der Waals surface area contributed by atoms with Crippen LogP contribution in [0.5, 0.6) is 0 Å². The van der Waals surface area contributed by atoms with Crippen molar-refractivity contribution in [1.82, 2.24) is 19.8 Å². The first-order chi connectivity index (χ1) is 15.0. The zero-order chi connectivity index (χ0) is 21.6. The molecule has 1 fully saturated rings. The van der Waals surface area contributed by atoms with Crippen LogP contribution in [0.2, 0.25) is 0 Å². The molecule has 0 saturated heterocycles. The van der Waals surface area contributed by atoms with Crippen LogP contribution < -0.4 is 5.32 Å². The molecule has 3 atom stereocenters. The zero-order valence-corrected chi connectivity index (χ0v) is 18.0. The van der Waals surface area contributed by atoms with Crippen molar-refractivity contribution in [2.45, 2.75) is 64.2 Å². The maximum Gasteiger partial charge on any atom is 0.291 e. The smallest absolute Gasteiger partial charge is 0.291 e. The van der Waals surface area contributed by atoms with Crippen LogP contribution in [-0.4, -0.2) is 37.8 Å². The summed E-state index contributed by atoms with van der Waals surface area (Å²) in [6.45, 7) is 4.62. The number of nitrogens with one attached hydrogen (secondary N) is 1. The highest BCUT2D eigenvalue weighted by atomic mass is 16.3. The average Bonchev–Trinajstić information content (AvgIpc) is 3.41. The Morgan fingerprint density at radius 2 is 2.03 bits per heavy atom. The highest BCUT2D eigenvalue weighted by molar-refractivity contribution is 6.01. The van der Waals surface area contributed by atoms with E-state index < -0.39 is 5.54 Å². The van der Waals surface area contributed by atoms with Gasteiger partial charge in [-0.1, -0.05) is 31.9 Å². The highest BCUT2D eigenvalue weighted by Crippen LogP contribution is 2.33. The number of nitrogens with zero attached hydrogens (tertiary/aromatic N) is 3. The first-order valence-corrected chi connectivity index (χ1v) is 11.1. The van der Waals surface area contributed by atoms with Gasteiger partial charge in [0.2, 0.25) is 5.91 Å². The van der Waals surface area contributed by atoms with Gasteiger partial charge >= 0.3 is 0 Å². The lowest BCUT2D eigenvalue weighted by atomic mass is 9.85. The van der Waals surface area contributed by atoms with E-state index in [1.165, 1.54) is 6.42 Å². The number of aromatic nitrogens is 2. The topological polar surface area (TPSA) is 80.4 Å². The van der Waals surface area contributed by atoms with Crippen LogP contribution in [0.4, 0.5) is 0 Å². The van der Waals surface area contributed by atoms with Gasteiger partial charge in [-0.15, -0.1) is 0 Å². The lowest BCUT2D eigenvalue weighted by molar-refractivity contribution is -0.134. The van der Waals surface area contributed by atoms with Crippen LogP contribution in [0.15, 0.2) is 47.1 Å². The molecule has 1 aliphatic carbocycles. The van der Waals surface area contributed by atoms with Crippen LogP contribution in [0.25, 0.3) is 11.0 Å². The van der Waals surface area contributed by atoms with E-state index in [2.05, 4.69) is 17.2 Å². The van der Waals surface area contributed by atoms with Gasteiger partial charge in [0.15, 0.2) is 5.82 Å². The Labute approximate surface area is 181 Å². The number of fused-ring (bicyclic) bond motifs is 3. The first-order valence-electron chi connectivity index (χ1n) is 11.1. The quantitative estimate of drug-likeness (QED) is 0.697. The molecule has 1 saturated carbocycles. The van der Waals surface area contributed by atoms with Gasteiger partial charge in [0, 0.05) is 6.04 Å². The second kappa shape index (κ2) is 7.55. The zero-order valence-electron chi connectivity index (χ0n) is 18.0. The van der Waals surface area contributed by atoms with Crippen LogP contribution in [0.1, 0.15) is 55.9 Å². The molecule has 3 aromatic rings. The van der Waals surface area contributed by atoms with E-state index in [1.54, 1.807) is 17.2 Å². The molecular weight excluding hydrogens is 392 g/mol. The Balaban J connectivity index is 1.54. The molecule has 0 spiro atoms. The monoisotopic (exact) mass is 420 g/mol. The minimum Gasteiger partial charge on any atom is -0.467 e. The summed E-state index contributed by atoms with van der Waals surface area (Å²) in [7, 11) is 0. The predicted octanol–water partition coefficient (Wildman–Crippen LogP) is 3.74. The van der Waals surface area contributed by atoms with E-state index in [-0.39, 0.29) is 24.4 Å². The number of carbonyl (C=O) groups is 2. The van der Waals surface area contributed by atoms with Crippen molar-refractivity contribution >= 4 is 22.8 Å². The third kappa shape index (κ3) is 3.32. The van der Waals surface area contributed by atoms with Gasteiger partial charge in [-0.3, -0.25) is 9.59 Å². The van der Waals surface area contributed by atoms with Crippen molar-refractivity contribution in [2.75, 3.05) is 0 Å². The standard InChI is InChI=1S/C24H28N4O3/c1-16-8-3-4-10-18(16)26-23(30)24(2)15-27-20-12-6-5-11-19(20)25-21(27)22(29)28(24)14-17-9-7-13-31-17/h5-7,9,11-13,16,18H,3-4,8,10,14-15H2,1-2H3,(H,26,30). The number of furan rings is 1. The fourth-order valence-electron chi connectivity index (χ4n) is 4.99. The summed E-state index contributed by atoms with van der Waals surface area (Å²) in [5, 5.41) is 3.28. The Morgan fingerprint density at radius 3 is 2.81 bits per heavy atom. The van der Waals surface area contributed by atoms with Crippen molar-refractivity contribution in [3.8, 4) is 0 Å². The summed E-state index contributed by atoms with van der Waals surface area (Å²) in [6, 6.07) is 11.4. The molecule has 1 N–H and O–H groups in total. The molecule has 3 heterocycles. The predicted molar refractivity (Wildman–Crippen MR) is 116 cm³/mol. The van der Waals surface area contributed by atoms with Crippen LogP contribution in [0.3, 0.4) is 0 Å². The van der Waals surface area contributed by atoms with Gasteiger partial charge in [0.25, 0.3) is 5.91 Å². The largest absolute Gasteiger partial charge is 0.467 e.